The summed E-state index contributed by atoms with van der Waals surface area (Å²) in [6, 6.07) is 21.4. The Labute approximate surface area is 108 Å². The molecule has 0 fully saturated rings. The van der Waals surface area contributed by atoms with Gasteiger partial charge in [-0.25, -0.2) is 0 Å². The van der Waals surface area contributed by atoms with E-state index in [4.69, 9.17) is 0 Å². The summed E-state index contributed by atoms with van der Waals surface area (Å²) >= 11 is 0. The molecular weight excluding hydrogens is 218 g/mol. The van der Waals surface area contributed by atoms with Gasteiger partial charge >= 0.3 is 0 Å². The van der Waals surface area contributed by atoms with Crippen LogP contribution in [0.4, 0.5) is 0 Å². The van der Waals surface area contributed by atoms with E-state index in [-0.39, 0.29) is 5.92 Å². The number of hydrogen-bond donors (Lipinski definition) is 0. The van der Waals surface area contributed by atoms with Gasteiger partial charge in [0.05, 0.1) is 12.0 Å². The summed E-state index contributed by atoms with van der Waals surface area (Å²) < 4.78 is 0. The zero-order valence-corrected chi connectivity index (χ0v) is 10.2. The van der Waals surface area contributed by atoms with Gasteiger partial charge in [-0.2, -0.15) is 5.26 Å². The van der Waals surface area contributed by atoms with Gasteiger partial charge in [-0.05, 0) is 29.5 Å². The van der Waals surface area contributed by atoms with Gasteiger partial charge in [0, 0.05) is 5.92 Å². The molecule has 2 aromatic rings. The molecular formula is C17H15N. The summed E-state index contributed by atoms with van der Waals surface area (Å²) in [5.41, 5.74) is 3.92. The van der Waals surface area contributed by atoms with Crippen molar-refractivity contribution < 1.29 is 0 Å². The zero-order valence-electron chi connectivity index (χ0n) is 10.2. The van der Waals surface area contributed by atoms with Gasteiger partial charge in [0.1, 0.15) is 0 Å². The molecule has 0 saturated heterocycles. The number of hydrogen-bond acceptors (Lipinski definition) is 1. The van der Waals surface area contributed by atoms with Crippen molar-refractivity contribution in [2.45, 2.75) is 24.7 Å². The second kappa shape index (κ2) is 4.66. The molecule has 1 aliphatic rings. The highest BCUT2D eigenvalue weighted by atomic mass is 14.3. The fourth-order valence-electron chi connectivity index (χ4n) is 2.96. The Morgan fingerprint density at radius 2 is 1.50 bits per heavy atom. The van der Waals surface area contributed by atoms with Crippen molar-refractivity contribution in [2.24, 2.45) is 0 Å². The van der Waals surface area contributed by atoms with Crippen molar-refractivity contribution in [1.29, 1.82) is 5.26 Å². The molecule has 2 aromatic carbocycles. The Hall–Kier alpha value is -2.07. The molecule has 0 aliphatic heterocycles. The summed E-state index contributed by atoms with van der Waals surface area (Å²) in [4.78, 5) is 0. The summed E-state index contributed by atoms with van der Waals surface area (Å²) in [5, 5.41) is 9.24. The van der Waals surface area contributed by atoms with E-state index in [9.17, 15) is 5.26 Å². The molecule has 18 heavy (non-hydrogen) atoms. The minimum atomic E-state index is 0.0705. The molecule has 88 valence electrons. The molecule has 0 aromatic heterocycles. The molecule has 0 N–H and O–H groups in total. The Morgan fingerprint density at radius 3 is 2.22 bits per heavy atom. The predicted molar refractivity (Wildman–Crippen MR) is 72.3 cm³/mol. The van der Waals surface area contributed by atoms with Crippen LogP contribution in [-0.2, 0) is 0 Å². The number of rotatable bonds is 1. The third kappa shape index (κ3) is 1.80. The van der Waals surface area contributed by atoms with E-state index in [0.29, 0.717) is 5.92 Å². The van der Waals surface area contributed by atoms with E-state index in [0.717, 1.165) is 12.8 Å². The van der Waals surface area contributed by atoms with Crippen LogP contribution in [0.25, 0.3) is 0 Å². The number of benzene rings is 2. The first kappa shape index (κ1) is 11.0. The maximum atomic E-state index is 9.24. The standard InChI is InChI=1S/C17H15N/c18-12-14-10-11-16(13-6-2-1-3-7-13)17-9-5-4-8-15(14)17/h1-9,14,16H,10-11H2. The van der Waals surface area contributed by atoms with Crippen molar-refractivity contribution in [3.63, 3.8) is 0 Å². The minimum Gasteiger partial charge on any atom is -0.198 e. The molecule has 0 saturated carbocycles. The fraction of sp³-hybridized carbons (Fsp3) is 0.235. The summed E-state index contributed by atoms with van der Waals surface area (Å²) in [6.45, 7) is 0. The third-order valence-corrected chi connectivity index (χ3v) is 3.85. The van der Waals surface area contributed by atoms with Gasteiger partial charge in [-0.3, -0.25) is 0 Å². The molecule has 2 unspecified atom stereocenters. The topological polar surface area (TPSA) is 23.8 Å². The Morgan fingerprint density at radius 1 is 0.833 bits per heavy atom. The molecule has 1 nitrogen and oxygen atoms in total. The minimum absolute atomic E-state index is 0.0705. The van der Waals surface area contributed by atoms with Crippen molar-refractivity contribution in [3.8, 4) is 6.07 Å². The highest BCUT2D eigenvalue weighted by Crippen LogP contribution is 2.41. The molecule has 2 atom stereocenters. The average molecular weight is 233 g/mol. The lowest BCUT2D eigenvalue weighted by molar-refractivity contribution is 0.580. The largest absolute Gasteiger partial charge is 0.198 e. The SMILES string of the molecule is N#CC1CCC(c2ccccc2)c2ccccc21. The first-order valence-electron chi connectivity index (χ1n) is 6.43. The molecule has 0 radical (unpaired) electrons. The van der Waals surface area contributed by atoms with Crippen LogP contribution in [-0.4, -0.2) is 0 Å². The molecule has 1 aliphatic carbocycles. The molecule has 0 heterocycles. The summed E-state index contributed by atoms with van der Waals surface area (Å²) in [5.74, 6) is 0.521. The highest BCUT2D eigenvalue weighted by Gasteiger charge is 2.27. The lowest BCUT2D eigenvalue weighted by atomic mass is 9.74. The van der Waals surface area contributed by atoms with Crippen LogP contribution in [0.15, 0.2) is 54.6 Å². The Bertz CT molecular complexity index is 580. The van der Waals surface area contributed by atoms with E-state index in [1.54, 1.807) is 0 Å². The van der Waals surface area contributed by atoms with E-state index in [1.165, 1.54) is 16.7 Å². The second-order valence-electron chi connectivity index (χ2n) is 4.85. The van der Waals surface area contributed by atoms with Crippen molar-refractivity contribution in [2.75, 3.05) is 0 Å². The van der Waals surface area contributed by atoms with Gasteiger partial charge in [-0.1, -0.05) is 54.6 Å². The maximum absolute atomic E-state index is 9.24. The Balaban J connectivity index is 2.08. The smallest absolute Gasteiger partial charge is 0.0715 e. The van der Waals surface area contributed by atoms with Crippen LogP contribution in [0.1, 0.15) is 41.4 Å². The summed E-state index contributed by atoms with van der Waals surface area (Å²) in [7, 11) is 0. The van der Waals surface area contributed by atoms with Crippen LogP contribution < -0.4 is 0 Å². The average Bonchev–Trinajstić information content (AvgIpc) is 2.47. The number of nitrogens with zero attached hydrogens (tertiary/aromatic N) is 1. The van der Waals surface area contributed by atoms with E-state index in [1.807, 2.05) is 6.07 Å². The van der Waals surface area contributed by atoms with Gasteiger partial charge < -0.3 is 0 Å². The first-order valence-corrected chi connectivity index (χ1v) is 6.43. The molecule has 3 rings (SSSR count). The van der Waals surface area contributed by atoms with Crippen LogP contribution >= 0.6 is 0 Å². The lowest BCUT2D eigenvalue weighted by Crippen LogP contribution is -2.14. The lowest BCUT2D eigenvalue weighted by Gasteiger charge is -2.28. The Kier molecular flexibility index (Phi) is 2.86. The number of fused-ring (bicyclic) bond motifs is 1. The van der Waals surface area contributed by atoms with Gasteiger partial charge in [0.25, 0.3) is 0 Å². The molecule has 0 bridgehead atoms. The monoisotopic (exact) mass is 233 g/mol. The second-order valence-corrected chi connectivity index (χ2v) is 4.85. The first-order chi connectivity index (χ1) is 8.90. The quantitative estimate of drug-likeness (QED) is 0.723. The molecule has 1 heteroatoms. The zero-order chi connectivity index (χ0) is 12.4. The highest BCUT2D eigenvalue weighted by molar-refractivity contribution is 5.43. The normalized spacial score (nSPS) is 21.9. The molecule has 0 spiro atoms. The predicted octanol–water partition coefficient (Wildman–Crippen LogP) is 4.22. The van der Waals surface area contributed by atoms with E-state index >= 15 is 0 Å². The van der Waals surface area contributed by atoms with Crippen LogP contribution in [0.2, 0.25) is 0 Å². The maximum Gasteiger partial charge on any atom is 0.0715 e. The van der Waals surface area contributed by atoms with Crippen molar-refractivity contribution >= 4 is 0 Å². The van der Waals surface area contributed by atoms with Crippen molar-refractivity contribution in [3.05, 3.63) is 71.3 Å². The third-order valence-electron chi connectivity index (χ3n) is 3.85. The van der Waals surface area contributed by atoms with Crippen LogP contribution in [0.5, 0.6) is 0 Å². The van der Waals surface area contributed by atoms with E-state index < -0.39 is 0 Å². The summed E-state index contributed by atoms with van der Waals surface area (Å²) in [6.07, 6.45) is 2.03. The van der Waals surface area contributed by atoms with Crippen LogP contribution in [0, 0.1) is 11.3 Å². The fourth-order valence-corrected chi connectivity index (χ4v) is 2.96. The van der Waals surface area contributed by atoms with E-state index in [2.05, 4.69) is 54.6 Å². The van der Waals surface area contributed by atoms with Crippen molar-refractivity contribution in [1.82, 2.24) is 0 Å². The van der Waals surface area contributed by atoms with Gasteiger partial charge in [0.2, 0.25) is 0 Å². The number of nitriles is 1. The molecule has 0 amide bonds. The van der Waals surface area contributed by atoms with Gasteiger partial charge in [-0.15, -0.1) is 0 Å². The van der Waals surface area contributed by atoms with Gasteiger partial charge in [0.15, 0.2) is 0 Å². The van der Waals surface area contributed by atoms with Crippen LogP contribution in [0.3, 0.4) is 0 Å².